The van der Waals surface area contributed by atoms with Crippen molar-refractivity contribution in [2.45, 2.75) is 20.3 Å². The average molecular weight is 293 g/mol. The van der Waals surface area contributed by atoms with Crippen molar-refractivity contribution in [2.24, 2.45) is 4.99 Å². The van der Waals surface area contributed by atoms with Crippen molar-refractivity contribution in [1.82, 2.24) is 10.6 Å². The first-order valence-electron chi connectivity index (χ1n) is 7.48. The molecule has 1 aromatic carbocycles. The van der Waals surface area contributed by atoms with E-state index in [2.05, 4.69) is 15.6 Å². The van der Waals surface area contributed by atoms with E-state index in [-0.39, 0.29) is 0 Å². The van der Waals surface area contributed by atoms with Gasteiger partial charge in [0.05, 0.1) is 6.54 Å². The van der Waals surface area contributed by atoms with Gasteiger partial charge >= 0.3 is 0 Å². The molecule has 5 heteroatoms. The fraction of sp³-hybridized carbons (Fsp3) is 0.562. The molecule has 0 bridgehead atoms. The van der Waals surface area contributed by atoms with E-state index in [4.69, 9.17) is 9.47 Å². The molecule has 0 amide bonds. The lowest BCUT2D eigenvalue weighted by molar-refractivity contribution is 0.145. The summed E-state index contributed by atoms with van der Waals surface area (Å²) in [5.41, 5.74) is 1.15. The quantitative estimate of drug-likeness (QED) is 0.415. The largest absolute Gasteiger partial charge is 0.491 e. The van der Waals surface area contributed by atoms with Gasteiger partial charge in [0.1, 0.15) is 12.4 Å². The van der Waals surface area contributed by atoms with Gasteiger partial charge in [0.15, 0.2) is 5.96 Å². The lowest BCUT2D eigenvalue weighted by Crippen LogP contribution is -2.39. The molecular weight excluding hydrogens is 266 g/mol. The first-order chi connectivity index (χ1) is 10.3. The molecule has 21 heavy (non-hydrogen) atoms. The van der Waals surface area contributed by atoms with Gasteiger partial charge < -0.3 is 20.1 Å². The Labute approximate surface area is 127 Å². The van der Waals surface area contributed by atoms with E-state index in [1.54, 1.807) is 7.05 Å². The molecule has 1 aromatic rings. The molecule has 0 radical (unpaired) electrons. The highest BCUT2D eigenvalue weighted by molar-refractivity contribution is 5.79. The van der Waals surface area contributed by atoms with Crippen molar-refractivity contribution in [2.75, 3.05) is 40.0 Å². The Morgan fingerprint density at radius 1 is 1.14 bits per heavy atom. The molecule has 1 rings (SSSR count). The molecule has 0 spiro atoms. The van der Waals surface area contributed by atoms with Gasteiger partial charge in [-0.1, -0.05) is 18.2 Å². The van der Waals surface area contributed by atoms with Crippen molar-refractivity contribution in [3.05, 3.63) is 29.8 Å². The van der Waals surface area contributed by atoms with Crippen molar-refractivity contribution < 1.29 is 9.47 Å². The van der Waals surface area contributed by atoms with Crippen molar-refractivity contribution >= 4 is 5.96 Å². The highest BCUT2D eigenvalue weighted by Crippen LogP contribution is 2.15. The second kappa shape index (κ2) is 11.0. The molecule has 0 aromatic heterocycles. The second-order valence-electron chi connectivity index (χ2n) is 4.59. The second-order valence-corrected chi connectivity index (χ2v) is 4.59. The Hall–Kier alpha value is -1.75. The summed E-state index contributed by atoms with van der Waals surface area (Å²) in [6, 6.07) is 8.01. The predicted molar refractivity (Wildman–Crippen MR) is 87.1 cm³/mol. The number of benzene rings is 1. The van der Waals surface area contributed by atoms with Crippen molar-refractivity contribution in [1.29, 1.82) is 0 Å². The van der Waals surface area contributed by atoms with Gasteiger partial charge in [0.25, 0.3) is 0 Å². The number of aryl methyl sites for hydroxylation is 1. The van der Waals surface area contributed by atoms with Gasteiger partial charge in [0.2, 0.25) is 0 Å². The molecule has 0 aliphatic rings. The van der Waals surface area contributed by atoms with Crippen LogP contribution in [0.1, 0.15) is 18.9 Å². The van der Waals surface area contributed by atoms with Crippen LogP contribution >= 0.6 is 0 Å². The normalized spacial score (nSPS) is 11.3. The number of guanidine groups is 1. The van der Waals surface area contributed by atoms with Crippen LogP contribution in [-0.2, 0) is 4.74 Å². The lowest BCUT2D eigenvalue weighted by atomic mass is 10.2. The van der Waals surface area contributed by atoms with Gasteiger partial charge in [-0.25, -0.2) is 0 Å². The number of aliphatic imine (C=N–C) groups is 1. The first kappa shape index (κ1) is 17.3. The number of ether oxygens (including phenoxy) is 2. The molecule has 0 aliphatic heterocycles. The van der Waals surface area contributed by atoms with E-state index < -0.39 is 0 Å². The fourth-order valence-corrected chi connectivity index (χ4v) is 1.79. The number of hydrogen-bond donors (Lipinski definition) is 2. The molecule has 0 saturated carbocycles. The molecule has 0 aliphatic carbocycles. The average Bonchev–Trinajstić information content (AvgIpc) is 2.50. The molecule has 2 N–H and O–H groups in total. The van der Waals surface area contributed by atoms with Crippen LogP contribution in [0, 0.1) is 6.92 Å². The third kappa shape index (κ3) is 7.56. The maximum Gasteiger partial charge on any atom is 0.191 e. The monoisotopic (exact) mass is 293 g/mol. The Morgan fingerprint density at radius 3 is 2.62 bits per heavy atom. The molecule has 5 nitrogen and oxygen atoms in total. The Bertz CT molecular complexity index is 422. The molecule has 118 valence electrons. The van der Waals surface area contributed by atoms with Crippen LogP contribution in [0.4, 0.5) is 0 Å². The fourth-order valence-electron chi connectivity index (χ4n) is 1.79. The minimum Gasteiger partial charge on any atom is -0.491 e. The van der Waals surface area contributed by atoms with E-state index in [9.17, 15) is 0 Å². The number of hydrogen-bond acceptors (Lipinski definition) is 3. The Morgan fingerprint density at radius 2 is 1.90 bits per heavy atom. The molecular formula is C16H27N3O2. The van der Waals surface area contributed by atoms with Gasteiger partial charge in [-0.15, -0.1) is 0 Å². The van der Waals surface area contributed by atoms with Crippen LogP contribution in [0.25, 0.3) is 0 Å². The van der Waals surface area contributed by atoms with Crippen LogP contribution in [0.3, 0.4) is 0 Å². The zero-order valence-corrected chi connectivity index (χ0v) is 13.3. The minimum absolute atomic E-state index is 0.602. The van der Waals surface area contributed by atoms with Gasteiger partial charge in [-0.2, -0.15) is 0 Å². The molecule has 0 saturated heterocycles. The zero-order chi connectivity index (χ0) is 15.3. The van der Waals surface area contributed by atoms with Crippen molar-refractivity contribution in [3.8, 4) is 5.75 Å². The van der Waals surface area contributed by atoms with Crippen LogP contribution in [0.2, 0.25) is 0 Å². The van der Waals surface area contributed by atoms with E-state index in [1.807, 2.05) is 38.1 Å². The summed E-state index contributed by atoms with van der Waals surface area (Å²) in [5.74, 6) is 1.72. The number of nitrogens with one attached hydrogen (secondary N) is 2. The van der Waals surface area contributed by atoms with Gasteiger partial charge in [-0.3, -0.25) is 4.99 Å². The topological polar surface area (TPSA) is 54.9 Å². The summed E-state index contributed by atoms with van der Waals surface area (Å²) in [7, 11) is 1.76. The summed E-state index contributed by atoms with van der Waals surface area (Å²) in [5, 5.41) is 6.46. The summed E-state index contributed by atoms with van der Waals surface area (Å²) >= 11 is 0. The van der Waals surface area contributed by atoms with Crippen LogP contribution in [0.5, 0.6) is 5.75 Å². The highest BCUT2D eigenvalue weighted by atomic mass is 16.5. The van der Waals surface area contributed by atoms with E-state index >= 15 is 0 Å². The highest BCUT2D eigenvalue weighted by Gasteiger charge is 1.99. The first-order valence-corrected chi connectivity index (χ1v) is 7.48. The van der Waals surface area contributed by atoms with Crippen molar-refractivity contribution in [3.63, 3.8) is 0 Å². The Kier molecular flexibility index (Phi) is 9.04. The van der Waals surface area contributed by atoms with Crippen LogP contribution in [0.15, 0.2) is 29.3 Å². The van der Waals surface area contributed by atoms with Crippen LogP contribution < -0.4 is 15.4 Å². The predicted octanol–water partition coefficient (Wildman–Crippen LogP) is 1.97. The van der Waals surface area contributed by atoms with E-state index in [1.165, 1.54) is 0 Å². The standard InChI is InChI=1S/C16H27N3O2/c1-4-20-12-7-10-18-16(17-3)19-11-13-21-15-9-6-5-8-14(15)2/h5-6,8-9H,4,7,10-13H2,1-3H3,(H2,17,18,19). The maximum absolute atomic E-state index is 5.72. The minimum atomic E-state index is 0.602. The van der Waals surface area contributed by atoms with E-state index in [0.29, 0.717) is 13.2 Å². The zero-order valence-electron chi connectivity index (χ0n) is 13.3. The van der Waals surface area contributed by atoms with Gasteiger partial charge in [-0.05, 0) is 31.9 Å². The number of rotatable bonds is 9. The van der Waals surface area contributed by atoms with Gasteiger partial charge in [0, 0.05) is 26.8 Å². The summed E-state index contributed by atoms with van der Waals surface area (Å²) in [4.78, 5) is 4.17. The maximum atomic E-state index is 5.72. The summed E-state index contributed by atoms with van der Waals surface area (Å²) in [6.07, 6.45) is 0.967. The summed E-state index contributed by atoms with van der Waals surface area (Å²) < 4.78 is 11.0. The summed E-state index contributed by atoms with van der Waals surface area (Å²) in [6.45, 7) is 7.74. The molecule has 0 atom stereocenters. The number of nitrogens with zero attached hydrogens (tertiary/aromatic N) is 1. The lowest BCUT2D eigenvalue weighted by Gasteiger charge is -2.13. The van der Waals surface area contributed by atoms with E-state index in [0.717, 1.165) is 43.5 Å². The Balaban J connectivity index is 2.14. The third-order valence-electron chi connectivity index (χ3n) is 2.93. The molecule has 0 unspecified atom stereocenters. The SMILES string of the molecule is CCOCCCNC(=NC)NCCOc1ccccc1C. The smallest absolute Gasteiger partial charge is 0.191 e. The third-order valence-corrected chi connectivity index (χ3v) is 2.93. The molecule has 0 heterocycles. The van der Waals surface area contributed by atoms with Crippen LogP contribution in [-0.4, -0.2) is 45.9 Å². The molecule has 0 fully saturated rings. The number of para-hydroxylation sites is 1.